The van der Waals surface area contributed by atoms with Crippen molar-refractivity contribution in [1.82, 2.24) is 0 Å². The lowest BCUT2D eigenvalue weighted by molar-refractivity contribution is -0.0737. The van der Waals surface area contributed by atoms with E-state index >= 15 is 0 Å². The molecule has 0 heterocycles. The van der Waals surface area contributed by atoms with Crippen LogP contribution in [0.2, 0.25) is 0 Å². The first-order valence-corrected chi connectivity index (χ1v) is 5.50. The van der Waals surface area contributed by atoms with E-state index in [1.807, 2.05) is 6.92 Å². The number of hydrogen-bond acceptors (Lipinski definition) is 2. The summed E-state index contributed by atoms with van der Waals surface area (Å²) in [5.74, 6) is 0.835. The average molecular weight is 186 g/mol. The number of ether oxygens (including phenoxy) is 1. The van der Waals surface area contributed by atoms with Gasteiger partial charge in [0, 0.05) is 6.61 Å². The highest BCUT2D eigenvalue weighted by Gasteiger charge is 2.32. The van der Waals surface area contributed by atoms with Crippen molar-refractivity contribution in [1.29, 1.82) is 0 Å². The van der Waals surface area contributed by atoms with E-state index in [4.69, 9.17) is 4.74 Å². The Labute approximate surface area is 81.3 Å². The second kappa shape index (κ2) is 4.97. The third-order valence-corrected chi connectivity index (χ3v) is 3.19. The summed E-state index contributed by atoms with van der Waals surface area (Å²) in [5, 5.41) is 10.1. The molecule has 2 nitrogen and oxygen atoms in total. The van der Waals surface area contributed by atoms with Gasteiger partial charge in [-0.25, -0.2) is 0 Å². The van der Waals surface area contributed by atoms with E-state index < -0.39 is 5.60 Å². The topological polar surface area (TPSA) is 29.5 Å². The fraction of sp³-hybridized carbons (Fsp3) is 1.00. The predicted molar refractivity (Wildman–Crippen MR) is 53.7 cm³/mol. The van der Waals surface area contributed by atoms with Crippen LogP contribution in [0.25, 0.3) is 0 Å². The van der Waals surface area contributed by atoms with E-state index in [1.165, 1.54) is 19.3 Å². The zero-order valence-electron chi connectivity index (χ0n) is 8.88. The van der Waals surface area contributed by atoms with Gasteiger partial charge in [-0.15, -0.1) is 0 Å². The molecule has 1 aliphatic carbocycles. The molecule has 1 saturated carbocycles. The molecule has 0 amide bonds. The summed E-state index contributed by atoms with van der Waals surface area (Å²) in [4.78, 5) is 0. The highest BCUT2D eigenvalue weighted by molar-refractivity contribution is 4.84. The van der Waals surface area contributed by atoms with Gasteiger partial charge in [0.25, 0.3) is 0 Å². The van der Waals surface area contributed by atoms with Crippen molar-refractivity contribution < 1.29 is 9.84 Å². The first-order chi connectivity index (χ1) is 6.20. The van der Waals surface area contributed by atoms with Crippen LogP contribution in [0.3, 0.4) is 0 Å². The van der Waals surface area contributed by atoms with Crippen molar-refractivity contribution >= 4 is 0 Å². The van der Waals surface area contributed by atoms with Crippen molar-refractivity contribution in [3.05, 3.63) is 0 Å². The maximum atomic E-state index is 10.1. The molecule has 1 N–H and O–H groups in total. The molecule has 0 aromatic rings. The van der Waals surface area contributed by atoms with Crippen molar-refractivity contribution in [3.8, 4) is 0 Å². The first-order valence-electron chi connectivity index (χ1n) is 5.50. The van der Waals surface area contributed by atoms with E-state index in [-0.39, 0.29) is 0 Å². The minimum absolute atomic E-state index is 0.512. The van der Waals surface area contributed by atoms with Gasteiger partial charge in [0.1, 0.15) is 0 Å². The quantitative estimate of drug-likeness (QED) is 0.730. The van der Waals surface area contributed by atoms with E-state index in [9.17, 15) is 5.11 Å². The minimum atomic E-state index is -0.512. The summed E-state index contributed by atoms with van der Waals surface area (Å²) >= 11 is 0. The van der Waals surface area contributed by atoms with Crippen molar-refractivity contribution in [2.45, 2.75) is 51.6 Å². The molecule has 1 rings (SSSR count). The molecule has 13 heavy (non-hydrogen) atoms. The molecular weight excluding hydrogens is 164 g/mol. The van der Waals surface area contributed by atoms with E-state index in [0.29, 0.717) is 13.2 Å². The minimum Gasteiger partial charge on any atom is -0.387 e. The van der Waals surface area contributed by atoms with Crippen LogP contribution in [-0.4, -0.2) is 23.9 Å². The molecular formula is C11H22O2. The van der Waals surface area contributed by atoms with Crippen molar-refractivity contribution in [2.75, 3.05) is 13.2 Å². The third kappa shape index (κ3) is 3.28. The fourth-order valence-corrected chi connectivity index (χ4v) is 2.06. The number of rotatable bonds is 4. The van der Waals surface area contributed by atoms with E-state index in [0.717, 1.165) is 18.8 Å². The zero-order chi connectivity index (χ0) is 9.73. The number of aliphatic hydroxyl groups is 1. The van der Waals surface area contributed by atoms with Crippen LogP contribution in [0.15, 0.2) is 0 Å². The molecule has 2 heteroatoms. The Hall–Kier alpha value is -0.0800. The van der Waals surface area contributed by atoms with Gasteiger partial charge in [-0.05, 0) is 38.5 Å². The monoisotopic (exact) mass is 186 g/mol. The van der Waals surface area contributed by atoms with Crippen LogP contribution >= 0.6 is 0 Å². The lowest BCUT2D eigenvalue weighted by atomic mass is 9.78. The Morgan fingerprint density at radius 1 is 1.31 bits per heavy atom. The van der Waals surface area contributed by atoms with Gasteiger partial charge in [0.2, 0.25) is 0 Å². The molecule has 0 aliphatic heterocycles. The van der Waals surface area contributed by atoms with E-state index in [2.05, 4.69) is 6.92 Å². The Balaban J connectivity index is 2.28. The van der Waals surface area contributed by atoms with Gasteiger partial charge in [-0.1, -0.05) is 13.3 Å². The molecule has 0 radical (unpaired) electrons. The van der Waals surface area contributed by atoms with Gasteiger partial charge in [-0.2, -0.15) is 0 Å². The summed E-state index contributed by atoms with van der Waals surface area (Å²) in [6, 6.07) is 0. The van der Waals surface area contributed by atoms with Gasteiger partial charge < -0.3 is 9.84 Å². The Morgan fingerprint density at radius 3 is 2.38 bits per heavy atom. The fourth-order valence-electron chi connectivity index (χ4n) is 2.06. The van der Waals surface area contributed by atoms with Gasteiger partial charge in [-0.3, -0.25) is 0 Å². The summed E-state index contributed by atoms with van der Waals surface area (Å²) in [7, 11) is 0. The Kier molecular flexibility index (Phi) is 4.20. The van der Waals surface area contributed by atoms with Crippen LogP contribution < -0.4 is 0 Å². The maximum Gasteiger partial charge on any atom is 0.0880 e. The van der Waals surface area contributed by atoms with Crippen LogP contribution in [0.5, 0.6) is 0 Å². The van der Waals surface area contributed by atoms with Crippen LogP contribution in [0.1, 0.15) is 46.0 Å². The normalized spacial score (nSPS) is 34.8. The molecule has 0 spiro atoms. The Bertz CT molecular complexity index is 137. The van der Waals surface area contributed by atoms with E-state index in [1.54, 1.807) is 0 Å². The maximum absolute atomic E-state index is 10.1. The lowest BCUT2D eigenvalue weighted by Crippen LogP contribution is -2.38. The van der Waals surface area contributed by atoms with Gasteiger partial charge in [0.05, 0.1) is 12.2 Å². The number of hydrogen-bond donors (Lipinski definition) is 1. The molecule has 1 fully saturated rings. The van der Waals surface area contributed by atoms with Crippen LogP contribution in [0, 0.1) is 5.92 Å². The summed E-state index contributed by atoms with van der Waals surface area (Å²) in [5.41, 5.74) is -0.512. The van der Waals surface area contributed by atoms with Crippen molar-refractivity contribution in [3.63, 3.8) is 0 Å². The van der Waals surface area contributed by atoms with Gasteiger partial charge in [0.15, 0.2) is 0 Å². The average Bonchev–Trinajstić information content (AvgIpc) is 2.16. The van der Waals surface area contributed by atoms with Crippen LogP contribution in [0.4, 0.5) is 0 Å². The molecule has 0 atom stereocenters. The standard InChI is InChI=1S/C11H22O2/c1-3-10-5-7-11(12,8-6-10)9-13-4-2/h10,12H,3-9H2,1-2H3. The second-order valence-electron chi connectivity index (χ2n) is 4.21. The highest BCUT2D eigenvalue weighted by atomic mass is 16.5. The summed E-state index contributed by atoms with van der Waals surface area (Å²) in [6.07, 6.45) is 5.43. The third-order valence-electron chi connectivity index (χ3n) is 3.19. The van der Waals surface area contributed by atoms with Crippen LogP contribution in [-0.2, 0) is 4.74 Å². The van der Waals surface area contributed by atoms with Crippen molar-refractivity contribution in [2.24, 2.45) is 5.92 Å². The van der Waals surface area contributed by atoms with Gasteiger partial charge >= 0.3 is 0 Å². The predicted octanol–water partition coefficient (Wildman–Crippen LogP) is 2.35. The SMILES string of the molecule is CCOCC1(O)CCC(CC)CC1. The largest absolute Gasteiger partial charge is 0.387 e. The molecule has 0 aromatic carbocycles. The summed E-state index contributed by atoms with van der Waals surface area (Å²) < 4.78 is 5.29. The smallest absolute Gasteiger partial charge is 0.0880 e. The first kappa shape index (κ1) is 11.0. The Morgan fingerprint density at radius 2 is 1.92 bits per heavy atom. The summed E-state index contributed by atoms with van der Waals surface area (Å²) in [6.45, 7) is 5.44. The molecule has 0 aromatic heterocycles. The highest BCUT2D eigenvalue weighted by Crippen LogP contribution is 2.33. The molecule has 0 unspecified atom stereocenters. The molecule has 0 saturated heterocycles. The second-order valence-corrected chi connectivity index (χ2v) is 4.21. The zero-order valence-corrected chi connectivity index (χ0v) is 8.88. The molecule has 1 aliphatic rings. The molecule has 78 valence electrons. The molecule has 0 bridgehead atoms. The lowest BCUT2D eigenvalue weighted by Gasteiger charge is -2.35.